The first-order chi connectivity index (χ1) is 16.1. The number of fused-ring (bicyclic) bond motifs is 1. The fourth-order valence-electron chi connectivity index (χ4n) is 3.96. The standard InChI is InChI=1S/C24H32N4O6/c1-14-11-28(17(4)29)15(2)13-33-21-8-7-18(25-23(30)20-9-16(3)34-26-20)10-19(21)24(31)27(5)12-22(14)32-6/h7-10,14-15,22H,11-13H2,1-6H3,(H,25,30)/t14-,15+,22-/m0/s1. The molecular formula is C24H32N4O6. The van der Waals surface area contributed by atoms with Crippen LogP contribution in [0.1, 0.15) is 47.4 Å². The van der Waals surface area contributed by atoms with Gasteiger partial charge in [-0.3, -0.25) is 14.4 Å². The molecule has 0 fully saturated rings. The molecule has 3 amide bonds. The summed E-state index contributed by atoms with van der Waals surface area (Å²) in [4.78, 5) is 41.5. The second-order valence-corrected chi connectivity index (χ2v) is 8.76. The van der Waals surface area contributed by atoms with Crippen LogP contribution in [0.15, 0.2) is 28.8 Å². The lowest BCUT2D eigenvalue weighted by atomic mass is 10.0. The number of aryl methyl sites for hydroxylation is 1. The Morgan fingerprint density at radius 1 is 1.21 bits per heavy atom. The molecular weight excluding hydrogens is 440 g/mol. The maximum atomic E-state index is 13.4. The smallest absolute Gasteiger partial charge is 0.277 e. The van der Waals surface area contributed by atoms with Crippen LogP contribution in [-0.4, -0.2) is 78.7 Å². The number of aromatic nitrogens is 1. The van der Waals surface area contributed by atoms with E-state index in [0.29, 0.717) is 35.9 Å². The molecule has 34 heavy (non-hydrogen) atoms. The van der Waals surface area contributed by atoms with Crippen LogP contribution in [0, 0.1) is 12.8 Å². The molecule has 0 unspecified atom stereocenters. The summed E-state index contributed by atoms with van der Waals surface area (Å²) in [6.07, 6.45) is -0.273. The predicted molar refractivity (Wildman–Crippen MR) is 125 cm³/mol. The maximum absolute atomic E-state index is 13.4. The van der Waals surface area contributed by atoms with Crippen LogP contribution in [0.3, 0.4) is 0 Å². The molecule has 0 saturated carbocycles. The third-order valence-electron chi connectivity index (χ3n) is 5.97. The van der Waals surface area contributed by atoms with E-state index < -0.39 is 5.91 Å². The van der Waals surface area contributed by atoms with E-state index in [0.717, 1.165) is 0 Å². The van der Waals surface area contributed by atoms with Gasteiger partial charge in [0.15, 0.2) is 5.69 Å². The molecule has 1 N–H and O–H groups in total. The van der Waals surface area contributed by atoms with Crippen molar-refractivity contribution in [2.45, 2.75) is 39.8 Å². The number of methoxy groups -OCH3 is 1. The molecule has 1 aromatic carbocycles. The van der Waals surface area contributed by atoms with Crippen LogP contribution < -0.4 is 10.1 Å². The third-order valence-corrected chi connectivity index (χ3v) is 5.97. The number of carbonyl (C=O) groups is 3. The average molecular weight is 473 g/mol. The number of likely N-dealkylation sites (N-methyl/N-ethyl adjacent to an activating group) is 1. The molecule has 0 radical (unpaired) electrons. The molecule has 2 heterocycles. The summed E-state index contributed by atoms with van der Waals surface area (Å²) in [6, 6.07) is 6.17. The summed E-state index contributed by atoms with van der Waals surface area (Å²) >= 11 is 0. The highest BCUT2D eigenvalue weighted by atomic mass is 16.5. The second-order valence-electron chi connectivity index (χ2n) is 8.76. The molecule has 1 aromatic heterocycles. The third kappa shape index (κ3) is 5.74. The van der Waals surface area contributed by atoms with Gasteiger partial charge < -0.3 is 29.1 Å². The van der Waals surface area contributed by atoms with Gasteiger partial charge in [-0.15, -0.1) is 0 Å². The summed E-state index contributed by atoms with van der Waals surface area (Å²) in [7, 11) is 3.29. The molecule has 1 aliphatic heterocycles. The quantitative estimate of drug-likeness (QED) is 0.730. The number of amides is 3. The van der Waals surface area contributed by atoms with Crippen LogP contribution in [0.4, 0.5) is 5.69 Å². The zero-order valence-corrected chi connectivity index (χ0v) is 20.5. The minimum absolute atomic E-state index is 0.0120. The molecule has 0 spiro atoms. The number of rotatable bonds is 3. The van der Waals surface area contributed by atoms with Crippen molar-refractivity contribution in [1.82, 2.24) is 15.0 Å². The Kier molecular flexibility index (Phi) is 7.93. The number of hydrogen-bond donors (Lipinski definition) is 1. The summed E-state index contributed by atoms with van der Waals surface area (Å²) in [5, 5.41) is 6.45. The molecule has 0 saturated heterocycles. The van der Waals surface area contributed by atoms with Crippen molar-refractivity contribution in [3.8, 4) is 5.75 Å². The topological polar surface area (TPSA) is 114 Å². The fraction of sp³-hybridized carbons (Fsp3) is 0.500. The van der Waals surface area contributed by atoms with E-state index in [4.69, 9.17) is 14.0 Å². The van der Waals surface area contributed by atoms with Crippen molar-refractivity contribution in [3.63, 3.8) is 0 Å². The molecule has 0 bridgehead atoms. The lowest BCUT2D eigenvalue weighted by molar-refractivity contribution is -0.133. The Hall–Kier alpha value is -3.40. The minimum atomic E-state index is -0.453. The van der Waals surface area contributed by atoms with Gasteiger partial charge in [-0.2, -0.15) is 0 Å². The Morgan fingerprint density at radius 2 is 1.94 bits per heavy atom. The Bertz CT molecular complexity index is 1050. The molecule has 184 valence electrons. The van der Waals surface area contributed by atoms with Gasteiger partial charge in [0.2, 0.25) is 5.91 Å². The zero-order valence-electron chi connectivity index (χ0n) is 20.5. The van der Waals surface area contributed by atoms with E-state index >= 15 is 0 Å². The highest BCUT2D eigenvalue weighted by molar-refractivity contribution is 6.04. The zero-order chi connectivity index (χ0) is 25.0. The number of nitrogens with zero attached hydrogens (tertiary/aromatic N) is 3. The van der Waals surface area contributed by atoms with Gasteiger partial charge in [0, 0.05) is 51.8 Å². The SMILES string of the molecule is CO[C@H]1CN(C)C(=O)c2cc(NC(=O)c3cc(C)on3)ccc2OC[C@@H](C)N(C(C)=O)C[C@@H]1C. The van der Waals surface area contributed by atoms with Crippen LogP contribution in [0.25, 0.3) is 0 Å². The number of hydrogen-bond acceptors (Lipinski definition) is 7. The number of nitrogens with one attached hydrogen (secondary N) is 1. The van der Waals surface area contributed by atoms with Crippen LogP contribution >= 0.6 is 0 Å². The van der Waals surface area contributed by atoms with E-state index in [1.807, 2.05) is 13.8 Å². The van der Waals surface area contributed by atoms with Gasteiger partial charge >= 0.3 is 0 Å². The van der Waals surface area contributed by atoms with Gasteiger partial charge in [-0.1, -0.05) is 12.1 Å². The highest BCUT2D eigenvalue weighted by Crippen LogP contribution is 2.27. The first-order valence-electron chi connectivity index (χ1n) is 11.2. The van der Waals surface area contributed by atoms with Crippen LogP contribution in [-0.2, 0) is 9.53 Å². The first kappa shape index (κ1) is 25.2. The summed E-state index contributed by atoms with van der Waals surface area (Å²) in [5.41, 5.74) is 0.846. The summed E-state index contributed by atoms with van der Waals surface area (Å²) < 4.78 is 16.6. The maximum Gasteiger partial charge on any atom is 0.277 e. The average Bonchev–Trinajstić information content (AvgIpc) is 3.24. The van der Waals surface area contributed by atoms with Crippen LogP contribution in [0.5, 0.6) is 5.75 Å². The number of benzene rings is 1. The minimum Gasteiger partial charge on any atom is -0.491 e. The van der Waals surface area contributed by atoms with Crippen molar-refractivity contribution < 1.29 is 28.4 Å². The van der Waals surface area contributed by atoms with Crippen molar-refractivity contribution in [1.29, 1.82) is 0 Å². The predicted octanol–water partition coefficient (Wildman–Crippen LogP) is 2.59. The molecule has 3 atom stereocenters. The summed E-state index contributed by atoms with van der Waals surface area (Å²) in [6.45, 7) is 8.15. The number of carbonyl (C=O) groups excluding carboxylic acids is 3. The van der Waals surface area contributed by atoms with E-state index in [-0.39, 0.29) is 42.2 Å². The molecule has 2 aromatic rings. The van der Waals surface area contributed by atoms with Crippen molar-refractivity contribution in [2.75, 3.05) is 39.2 Å². The molecule has 0 aliphatic carbocycles. The monoisotopic (exact) mass is 472 g/mol. The molecule has 10 heteroatoms. The van der Waals surface area contributed by atoms with Gasteiger partial charge in [0.1, 0.15) is 18.1 Å². The Labute approximate surface area is 199 Å². The van der Waals surface area contributed by atoms with Gasteiger partial charge in [-0.05, 0) is 32.0 Å². The van der Waals surface area contributed by atoms with Crippen molar-refractivity contribution >= 4 is 23.4 Å². The lowest BCUT2D eigenvalue weighted by Gasteiger charge is -2.35. The van der Waals surface area contributed by atoms with Gasteiger partial charge in [0.05, 0.1) is 17.7 Å². The highest BCUT2D eigenvalue weighted by Gasteiger charge is 2.29. The number of ether oxygens (including phenoxy) is 2. The largest absolute Gasteiger partial charge is 0.491 e. The summed E-state index contributed by atoms with van der Waals surface area (Å²) in [5.74, 6) is 0.0937. The Balaban J connectivity index is 1.94. The van der Waals surface area contributed by atoms with E-state index in [9.17, 15) is 14.4 Å². The van der Waals surface area contributed by atoms with E-state index in [1.165, 1.54) is 13.0 Å². The first-order valence-corrected chi connectivity index (χ1v) is 11.2. The van der Waals surface area contributed by atoms with Crippen molar-refractivity contribution in [2.24, 2.45) is 5.92 Å². The lowest BCUT2D eigenvalue weighted by Crippen LogP contribution is -2.48. The second kappa shape index (κ2) is 10.7. The Morgan fingerprint density at radius 3 is 2.56 bits per heavy atom. The fourth-order valence-corrected chi connectivity index (χ4v) is 3.96. The molecule has 3 rings (SSSR count). The molecule has 1 aliphatic rings. The number of anilines is 1. The van der Waals surface area contributed by atoms with Gasteiger partial charge in [-0.25, -0.2) is 0 Å². The molecule has 10 nitrogen and oxygen atoms in total. The normalized spacial score (nSPS) is 21.7. The van der Waals surface area contributed by atoms with Gasteiger partial charge in [0.25, 0.3) is 11.8 Å². The van der Waals surface area contributed by atoms with E-state index in [1.54, 1.807) is 49.1 Å². The van der Waals surface area contributed by atoms with E-state index in [2.05, 4.69) is 10.5 Å². The van der Waals surface area contributed by atoms with Crippen LogP contribution in [0.2, 0.25) is 0 Å². The van der Waals surface area contributed by atoms with Crippen molar-refractivity contribution in [3.05, 3.63) is 41.3 Å².